The number of benzene rings is 1. The summed E-state index contributed by atoms with van der Waals surface area (Å²) in [7, 11) is 1.73. The first-order chi connectivity index (χ1) is 35.4. The van der Waals surface area contributed by atoms with E-state index in [9.17, 15) is 58.2 Å². The average Bonchev–Trinajstić information content (AvgIpc) is 3.97. The van der Waals surface area contributed by atoms with Crippen LogP contribution in [0.25, 0.3) is 0 Å². The number of carbonyl (C=O) groups excluding carboxylic acids is 9. The van der Waals surface area contributed by atoms with E-state index in [0.29, 0.717) is 36.4 Å². The van der Waals surface area contributed by atoms with E-state index >= 15 is 0 Å². The van der Waals surface area contributed by atoms with Crippen molar-refractivity contribution in [3.8, 4) is 5.75 Å². The molecule has 0 fully saturated rings. The van der Waals surface area contributed by atoms with Crippen LogP contribution in [0.4, 0.5) is 5.69 Å². The number of phenolic OH excluding ortho intramolecular Hbond substituents is 1. The third kappa shape index (κ3) is 21.6. The number of aliphatic carboxylic acids is 1. The monoisotopic (exact) mass is 1070 g/mol. The summed E-state index contributed by atoms with van der Waals surface area (Å²) in [6.45, 7) is 14.8. The number of hydrogen-bond donors (Lipinski definition) is 7. The molecule has 6 atom stereocenters. The maximum atomic E-state index is 13.8. The number of rotatable bonds is 33. The molecule has 2 aromatic rings. The number of aromatic nitrogens is 1. The summed E-state index contributed by atoms with van der Waals surface area (Å²) >= 11 is 1.12. The lowest BCUT2D eigenvalue weighted by Crippen LogP contribution is -2.47. The molecule has 8 amide bonds. The van der Waals surface area contributed by atoms with Crippen LogP contribution >= 0.6 is 11.3 Å². The number of carboxylic acid groups (broad SMARTS) is 1. The molecule has 7 N–H and O–H groups in total. The Kier molecular flexibility index (Phi) is 26.1. The SMILES string of the molecule is CC[C@H](C)CC(=O)N(C)C(C[C@@H](OC(C)=O)c1nc(C(=O)N[C@@H](Cc2ccc(O)c(NC(=O)CCCNC(=O)[C@H](CCCCNC(=O)C(C)C)NC(=O)CCCN3C(=O)C=CC3=O)c2)CC(C)C(=O)O)cs1)C(C)C. The molecular weight excluding hydrogens is 989 g/mol. The third-order valence-electron chi connectivity index (χ3n) is 12.8. The van der Waals surface area contributed by atoms with E-state index in [1.54, 1.807) is 31.9 Å². The second-order valence-corrected chi connectivity index (χ2v) is 20.8. The molecule has 75 heavy (non-hydrogen) atoms. The van der Waals surface area contributed by atoms with Crippen molar-refractivity contribution in [1.29, 1.82) is 0 Å². The number of thiazole rings is 1. The molecule has 1 aliphatic rings. The molecular formula is C53H78N8O13S. The maximum Gasteiger partial charge on any atom is 0.306 e. The fourth-order valence-electron chi connectivity index (χ4n) is 8.15. The molecule has 2 heterocycles. The lowest BCUT2D eigenvalue weighted by molar-refractivity contribution is -0.148. The molecule has 3 rings (SSSR count). The number of nitrogens with zero attached hydrogens (tertiary/aromatic N) is 3. The van der Waals surface area contributed by atoms with Gasteiger partial charge in [0.15, 0.2) is 6.10 Å². The minimum Gasteiger partial charge on any atom is -0.506 e. The molecule has 0 aliphatic carbocycles. The molecule has 2 unspecified atom stereocenters. The number of esters is 1. The Bertz CT molecular complexity index is 2330. The van der Waals surface area contributed by atoms with Crippen molar-refractivity contribution in [3.63, 3.8) is 0 Å². The van der Waals surface area contributed by atoms with Crippen LogP contribution in [0.3, 0.4) is 0 Å². The Balaban J connectivity index is 1.65. The van der Waals surface area contributed by atoms with Gasteiger partial charge in [-0.25, -0.2) is 4.98 Å². The molecule has 1 aromatic carbocycles. The minimum absolute atomic E-state index is 0.00364. The van der Waals surface area contributed by atoms with Crippen molar-refractivity contribution in [2.24, 2.45) is 23.7 Å². The molecule has 414 valence electrons. The van der Waals surface area contributed by atoms with Crippen molar-refractivity contribution >= 4 is 76.2 Å². The predicted octanol–water partition coefficient (Wildman–Crippen LogP) is 5.18. The smallest absolute Gasteiger partial charge is 0.306 e. The van der Waals surface area contributed by atoms with Gasteiger partial charge in [0, 0.05) is 94.8 Å². The number of anilines is 1. The minimum atomic E-state index is -1.08. The van der Waals surface area contributed by atoms with Gasteiger partial charge in [-0.05, 0) is 74.5 Å². The van der Waals surface area contributed by atoms with Crippen LogP contribution in [0.1, 0.15) is 153 Å². The number of carboxylic acids is 1. The summed E-state index contributed by atoms with van der Waals surface area (Å²) in [5.74, 6) is -5.85. The van der Waals surface area contributed by atoms with Gasteiger partial charge in [-0.15, -0.1) is 11.3 Å². The number of amides is 8. The Morgan fingerprint density at radius 2 is 1.49 bits per heavy atom. The van der Waals surface area contributed by atoms with Crippen LogP contribution in [-0.2, 0) is 54.3 Å². The number of unbranched alkanes of at least 4 members (excludes halogenated alkanes) is 1. The largest absolute Gasteiger partial charge is 0.506 e. The summed E-state index contributed by atoms with van der Waals surface area (Å²) in [6.07, 6.45) is 4.56. The van der Waals surface area contributed by atoms with Crippen molar-refractivity contribution in [1.82, 2.24) is 36.1 Å². The average molecular weight is 1070 g/mol. The second kappa shape index (κ2) is 31.2. The number of ether oxygens (including phenoxy) is 1. The van der Waals surface area contributed by atoms with E-state index in [0.717, 1.165) is 34.8 Å². The number of imide groups is 1. The Hall–Kier alpha value is -6.71. The Morgan fingerprint density at radius 3 is 2.12 bits per heavy atom. The molecule has 1 aromatic heterocycles. The molecule has 0 spiro atoms. The highest BCUT2D eigenvalue weighted by Gasteiger charge is 2.32. The zero-order valence-electron chi connectivity index (χ0n) is 44.8. The normalized spacial score (nSPS) is 14.6. The van der Waals surface area contributed by atoms with Gasteiger partial charge < -0.3 is 46.4 Å². The first-order valence-electron chi connectivity index (χ1n) is 25.8. The number of nitrogens with one attached hydrogen (secondary N) is 5. The zero-order valence-corrected chi connectivity index (χ0v) is 45.6. The molecule has 21 nitrogen and oxygen atoms in total. The van der Waals surface area contributed by atoms with Crippen LogP contribution in [0.2, 0.25) is 0 Å². The number of aromatic hydroxyl groups is 1. The van der Waals surface area contributed by atoms with E-state index < -0.39 is 71.5 Å². The van der Waals surface area contributed by atoms with Crippen LogP contribution in [-0.4, -0.2) is 129 Å². The topological polar surface area (TPSA) is 300 Å². The molecule has 22 heteroatoms. The second-order valence-electron chi connectivity index (χ2n) is 19.9. The molecule has 0 bridgehead atoms. The highest BCUT2D eigenvalue weighted by atomic mass is 32.1. The van der Waals surface area contributed by atoms with E-state index in [4.69, 9.17) is 4.74 Å². The maximum absolute atomic E-state index is 13.8. The van der Waals surface area contributed by atoms with E-state index in [1.165, 1.54) is 31.4 Å². The summed E-state index contributed by atoms with van der Waals surface area (Å²) in [6, 6.07) is 2.45. The number of hydrogen-bond acceptors (Lipinski definition) is 14. The van der Waals surface area contributed by atoms with Gasteiger partial charge in [-0.3, -0.25) is 52.8 Å². The predicted molar refractivity (Wildman–Crippen MR) is 281 cm³/mol. The lowest BCUT2D eigenvalue weighted by atomic mass is 9.95. The summed E-state index contributed by atoms with van der Waals surface area (Å²) < 4.78 is 5.71. The van der Waals surface area contributed by atoms with Crippen LogP contribution in [0.15, 0.2) is 35.7 Å². The highest BCUT2D eigenvalue weighted by molar-refractivity contribution is 7.09. The fraction of sp³-hybridized carbons (Fsp3) is 0.604. The quantitative estimate of drug-likeness (QED) is 0.0210. The summed E-state index contributed by atoms with van der Waals surface area (Å²) in [5, 5.41) is 36.2. The third-order valence-corrected chi connectivity index (χ3v) is 13.8. The van der Waals surface area contributed by atoms with Crippen LogP contribution in [0, 0.1) is 23.7 Å². The van der Waals surface area contributed by atoms with Crippen molar-refractivity contribution < 1.29 is 62.9 Å². The van der Waals surface area contributed by atoms with Gasteiger partial charge in [0.25, 0.3) is 17.7 Å². The molecule has 0 radical (unpaired) electrons. The van der Waals surface area contributed by atoms with Gasteiger partial charge in [0.05, 0.1) is 11.6 Å². The molecule has 0 saturated heterocycles. The van der Waals surface area contributed by atoms with E-state index in [2.05, 4.69) is 31.6 Å². The van der Waals surface area contributed by atoms with Crippen LogP contribution in [0.5, 0.6) is 5.75 Å². The van der Waals surface area contributed by atoms with E-state index in [-0.39, 0.29) is 117 Å². The first kappa shape index (κ1) is 62.6. The number of carbonyl (C=O) groups is 10. The first-order valence-corrected chi connectivity index (χ1v) is 26.7. The fourth-order valence-corrected chi connectivity index (χ4v) is 8.99. The van der Waals surface area contributed by atoms with Gasteiger partial charge in [-0.2, -0.15) is 0 Å². The lowest BCUT2D eigenvalue weighted by Gasteiger charge is -2.34. The summed E-state index contributed by atoms with van der Waals surface area (Å²) in [4.78, 5) is 134. The Labute approximate surface area is 443 Å². The van der Waals surface area contributed by atoms with Gasteiger partial charge >= 0.3 is 11.9 Å². The molecule has 1 aliphatic heterocycles. The van der Waals surface area contributed by atoms with Crippen molar-refractivity contribution in [2.75, 3.05) is 32.0 Å². The Morgan fingerprint density at radius 1 is 0.840 bits per heavy atom. The molecule has 0 saturated carbocycles. The van der Waals surface area contributed by atoms with Gasteiger partial charge in [0.2, 0.25) is 29.5 Å². The standard InChI is InChI=1S/C53H78N8O13S/c1-10-33(6)25-48(68)60(9)41(31(2)3)29-43(74-35(8)62)52-59-40(30-75-52)51(71)56-37(26-34(7)53(72)73)27-36-18-19-42(63)39(28-36)58-44(64)16-13-23-55-50(70)38(15-11-12-22-54-49(69)32(4)5)57-45(65)17-14-24-61-46(66)20-21-47(61)67/h18-21,28,30-34,37-38,41,43,63H,10-17,22-27,29H2,1-9H3,(H,54,69)(H,55,70)(H,56,71)(H,57,65)(H,58,64)(H,72,73)/t33-,34?,37+,38-,41?,43+/m0/s1. The van der Waals surface area contributed by atoms with Crippen LogP contribution < -0.4 is 26.6 Å². The van der Waals surface area contributed by atoms with Crippen molar-refractivity contribution in [2.45, 2.75) is 157 Å². The van der Waals surface area contributed by atoms with Gasteiger partial charge in [-0.1, -0.05) is 61.0 Å². The van der Waals surface area contributed by atoms with Crippen molar-refractivity contribution in [3.05, 3.63) is 52.0 Å². The highest BCUT2D eigenvalue weighted by Crippen LogP contribution is 2.31. The summed E-state index contributed by atoms with van der Waals surface area (Å²) in [5.41, 5.74) is 0.624. The van der Waals surface area contributed by atoms with Gasteiger partial charge in [0.1, 0.15) is 22.5 Å². The number of phenols is 1. The van der Waals surface area contributed by atoms with E-state index in [1.807, 2.05) is 27.7 Å². The zero-order chi connectivity index (χ0) is 55.9.